The molecule has 0 saturated heterocycles. The minimum Gasteiger partial charge on any atom is -0.453 e. The number of hydrogen-bond acceptors (Lipinski definition) is 3. The first kappa shape index (κ1) is 18.8. The number of hydrogen-bond donors (Lipinski definition) is 1. The Morgan fingerprint density at radius 3 is 2.48 bits per heavy atom. The van der Waals surface area contributed by atoms with Gasteiger partial charge in [0.25, 0.3) is 0 Å². The molecule has 2 aromatic carbocycles. The van der Waals surface area contributed by atoms with Crippen molar-refractivity contribution in [2.75, 3.05) is 20.7 Å². The number of methoxy groups -OCH3 is 1. The molecule has 5 nitrogen and oxygen atoms in total. The molecule has 0 saturated carbocycles. The van der Waals surface area contributed by atoms with Crippen LogP contribution in [-0.4, -0.2) is 43.6 Å². The van der Waals surface area contributed by atoms with Crippen LogP contribution in [0.5, 0.6) is 0 Å². The third-order valence-electron chi connectivity index (χ3n) is 4.36. The Morgan fingerprint density at radius 1 is 1.12 bits per heavy atom. The van der Waals surface area contributed by atoms with Gasteiger partial charge in [0.15, 0.2) is 0 Å². The fourth-order valence-corrected chi connectivity index (χ4v) is 2.85. The van der Waals surface area contributed by atoms with Crippen molar-refractivity contribution in [2.24, 2.45) is 5.92 Å². The van der Waals surface area contributed by atoms with E-state index in [1.165, 1.54) is 23.4 Å². The Kier molecular flexibility index (Phi) is 6.39. The lowest BCUT2D eigenvalue weighted by atomic mass is 10.0. The van der Waals surface area contributed by atoms with E-state index in [2.05, 4.69) is 34.3 Å². The summed E-state index contributed by atoms with van der Waals surface area (Å²) in [5, 5.41) is 5.03. The molecule has 0 aromatic heterocycles. The predicted molar refractivity (Wildman–Crippen MR) is 99.5 cm³/mol. The Bertz CT molecular complexity index is 737. The van der Waals surface area contributed by atoms with Crippen molar-refractivity contribution < 1.29 is 14.3 Å². The summed E-state index contributed by atoms with van der Waals surface area (Å²) in [7, 11) is 3.06. The number of nitrogens with one attached hydrogen (secondary N) is 1. The van der Waals surface area contributed by atoms with E-state index in [0.717, 1.165) is 6.42 Å². The van der Waals surface area contributed by atoms with Crippen molar-refractivity contribution in [3.05, 3.63) is 48.0 Å². The lowest BCUT2D eigenvalue weighted by Gasteiger charge is -2.26. The van der Waals surface area contributed by atoms with Crippen LogP contribution < -0.4 is 5.32 Å². The normalized spacial score (nSPS) is 12.0. The molecule has 0 aliphatic rings. The van der Waals surface area contributed by atoms with Crippen LogP contribution in [0, 0.1) is 5.92 Å². The largest absolute Gasteiger partial charge is 0.453 e. The van der Waals surface area contributed by atoms with Crippen LogP contribution >= 0.6 is 0 Å². The van der Waals surface area contributed by atoms with Gasteiger partial charge in [-0.1, -0.05) is 56.3 Å². The van der Waals surface area contributed by atoms with Crippen molar-refractivity contribution in [1.82, 2.24) is 10.2 Å². The van der Waals surface area contributed by atoms with Gasteiger partial charge >= 0.3 is 6.09 Å². The molecule has 0 heterocycles. The van der Waals surface area contributed by atoms with Gasteiger partial charge in [0.1, 0.15) is 6.04 Å². The second kappa shape index (κ2) is 8.51. The summed E-state index contributed by atoms with van der Waals surface area (Å²) in [6.07, 6.45) is 0.168. The number of ether oxygens (including phenoxy) is 1. The van der Waals surface area contributed by atoms with Gasteiger partial charge in [-0.3, -0.25) is 4.79 Å². The highest BCUT2D eigenvalue weighted by Crippen LogP contribution is 2.19. The van der Waals surface area contributed by atoms with E-state index in [4.69, 9.17) is 0 Å². The molecule has 0 aliphatic carbocycles. The first-order valence-electron chi connectivity index (χ1n) is 8.50. The summed E-state index contributed by atoms with van der Waals surface area (Å²) in [5.41, 5.74) is 1.21. The second-order valence-electron chi connectivity index (χ2n) is 6.51. The van der Waals surface area contributed by atoms with Crippen LogP contribution in [-0.2, 0) is 16.0 Å². The molecule has 134 valence electrons. The summed E-state index contributed by atoms with van der Waals surface area (Å²) < 4.78 is 4.62. The maximum Gasteiger partial charge on any atom is 0.407 e. The number of amides is 2. The molecule has 1 atom stereocenters. The number of fused-ring (bicyclic) bond motifs is 1. The lowest BCUT2D eigenvalue weighted by Crippen LogP contribution is -2.50. The minimum atomic E-state index is -0.593. The van der Waals surface area contributed by atoms with Crippen LogP contribution in [0.2, 0.25) is 0 Å². The van der Waals surface area contributed by atoms with Gasteiger partial charge in [-0.05, 0) is 28.7 Å². The van der Waals surface area contributed by atoms with Crippen LogP contribution in [0.15, 0.2) is 42.5 Å². The van der Waals surface area contributed by atoms with Crippen LogP contribution in [0.4, 0.5) is 4.79 Å². The molecule has 2 amide bonds. The van der Waals surface area contributed by atoms with E-state index in [1.54, 1.807) is 11.9 Å². The zero-order valence-electron chi connectivity index (χ0n) is 15.3. The van der Waals surface area contributed by atoms with Gasteiger partial charge < -0.3 is 15.0 Å². The first-order valence-corrected chi connectivity index (χ1v) is 8.50. The quantitative estimate of drug-likeness (QED) is 0.877. The molecule has 0 radical (unpaired) electrons. The van der Waals surface area contributed by atoms with Crippen molar-refractivity contribution in [3.8, 4) is 0 Å². The number of rotatable bonds is 6. The Labute approximate surface area is 149 Å². The average molecular weight is 342 g/mol. The van der Waals surface area contributed by atoms with Crippen LogP contribution in [0.1, 0.15) is 19.4 Å². The molecule has 0 fully saturated rings. The average Bonchev–Trinajstić information content (AvgIpc) is 2.62. The SMILES string of the molecule is COC(=O)NC(C(=O)N(C)CCc1cccc2ccccc12)C(C)C. The summed E-state index contributed by atoms with van der Waals surface area (Å²) in [5.74, 6) is -0.132. The maximum absolute atomic E-state index is 12.7. The van der Waals surface area contributed by atoms with Crippen LogP contribution in [0.25, 0.3) is 10.8 Å². The Balaban J connectivity index is 2.06. The molecule has 1 N–H and O–H groups in total. The summed E-state index contributed by atoms with van der Waals surface area (Å²) in [6.45, 7) is 4.38. The van der Waals surface area contributed by atoms with E-state index in [9.17, 15) is 9.59 Å². The number of carbonyl (C=O) groups excluding carboxylic acids is 2. The molecule has 2 rings (SSSR count). The molecule has 0 bridgehead atoms. The second-order valence-corrected chi connectivity index (χ2v) is 6.51. The fourth-order valence-electron chi connectivity index (χ4n) is 2.85. The molecule has 25 heavy (non-hydrogen) atoms. The van der Waals surface area contributed by atoms with E-state index in [0.29, 0.717) is 6.54 Å². The summed E-state index contributed by atoms with van der Waals surface area (Å²) in [4.78, 5) is 25.8. The smallest absolute Gasteiger partial charge is 0.407 e. The molecule has 0 aliphatic heterocycles. The van der Waals surface area contributed by atoms with Gasteiger partial charge in [-0.15, -0.1) is 0 Å². The topological polar surface area (TPSA) is 58.6 Å². The zero-order valence-corrected chi connectivity index (χ0v) is 15.3. The third kappa shape index (κ3) is 4.72. The summed E-state index contributed by atoms with van der Waals surface area (Å²) >= 11 is 0. The number of benzene rings is 2. The molecular weight excluding hydrogens is 316 g/mol. The molecule has 5 heteroatoms. The highest BCUT2D eigenvalue weighted by atomic mass is 16.5. The molecule has 2 aromatic rings. The van der Waals surface area contributed by atoms with Crippen LogP contribution in [0.3, 0.4) is 0 Å². The van der Waals surface area contributed by atoms with Gasteiger partial charge in [-0.25, -0.2) is 4.79 Å². The first-order chi connectivity index (χ1) is 11.9. The van der Waals surface area contributed by atoms with Gasteiger partial charge in [0, 0.05) is 13.6 Å². The van der Waals surface area contributed by atoms with Crippen molar-refractivity contribution in [2.45, 2.75) is 26.3 Å². The van der Waals surface area contributed by atoms with Gasteiger partial charge in [-0.2, -0.15) is 0 Å². The van der Waals surface area contributed by atoms with Gasteiger partial charge in [0.2, 0.25) is 5.91 Å². The van der Waals surface area contributed by atoms with Crippen molar-refractivity contribution in [1.29, 1.82) is 0 Å². The molecular formula is C20H26N2O3. The highest BCUT2D eigenvalue weighted by molar-refractivity contribution is 5.87. The number of nitrogens with zero attached hydrogens (tertiary/aromatic N) is 1. The van der Waals surface area contributed by atoms with E-state index >= 15 is 0 Å². The Hall–Kier alpha value is -2.56. The molecule has 0 spiro atoms. The minimum absolute atomic E-state index is 0.0217. The predicted octanol–water partition coefficient (Wildman–Crippen LogP) is 3.22. The van der Waals surface area contributed by atoms with E-state index in [-0.39, 0.29) is 11.8 Å². The van der Waals surface area contributed by atoms with E-state index < -0.39 is 12.1 Å². The summed E-state index contributed by atoms with van der Waals surface area (Å²) in [6, 6.07) is 13.9. The number of carbonyl (C=O) groups is 2. The van der Waals surface area contributed by atoms with E-state index in [1.807, 2.05) is 32.0 Å². The maximum atomic E-state index is 12.7. The van der Waals surface area contributed by atoms with Crippen molar-refractivity contribution >= 4 is 22.8 Å². The standard InChI is InChI=1S/C20H26N2O3/c1-14(2)18(21-20(24)25-4)19(23)22(3)13-12-16-10-7-9-15-8-5-6-11-17(15)16/h5-11,14,18H,12-13H2,1-4H3,(H,21,24). The number of likely N-dealkylation sites (N-methyl/N-ethyl adjacent to an activating group) is 1. The highest BCUT2D eigenvalue weighted by Gasteiger charge is 2.27. The van der Waals surface area contributed by atoms with Crippen molar-refractivity contribution in [3.63, 3.8) is 0 Å². The zero-order chi connectivity index (χ0) is 18.4. The fraction of sp³-hybridized carbons (Fsp3) is 0.400. The monoisotopic (exact) mass is 342 g/mol. The molecule has 1 unspecified atom stereocenters. The van der Waals surface area contributed by atoms with Gasteiger partial charge in [0.05, 0.1) is 7.11 Å². The Morgan fingerprint density at radius 2 is 1.80 bits per heavy atom. The third-order valence-corrected chi connectivity index (χ3v) is 4.36. The lowest BCUT2D eigenvalue weighted by molar-refractivity contribution is -0.133. The number of alkyl carbamates (subject to hydrolysis) is 1.